The van der Waals surface area contributed by atoms with Gasteiger partial charge >= 0.3 is 0 Å². The Balaban J connectivity index is 1.76. The number of halogens is 3. The number of rotatable bonds is 4. The van der Waals surface area contributed by atoms with Crippen LogP contribution < -0.4 is 4.74 Å². The number of morpholine rings is 1. The predicted molar refractivity (Wildman–Crippen MR) is 112 cm³/mol. The molecule has 0 N–H and O–H groups in total. The minimum atomic E-state index is 0.393. The van der Waals surface area contributed by atoms with E-state index in [1.54, 1.807) is 0 Å². The van der Waals surface area contributed by atoms with E-state index in [0.717, 1.165) is 43.9 Å². The maximum atomic E-state index is 6.19. The first kappa shape index (κ1) is 19.1. The van der Waals surface area contributed by atoms with Gasteiger partial charge in [0.05, 0.1) is 22.2 Å². The van der Waals surface area contributed by atoms with Crippen molar-refractivity contribution in [3.8, 4) is 5.75 Å². The van der Waals surface area contributed by atoms with Gasteiger partial charge in [0.2, 0.25) is 0 Å². The van der Waals surface area contributed by atoms with E-state index in [1.807, 2.05) is 36.4 Å². The molecule has 0 saturated carbocycles. The van der Waals surface area contributed by atoms with Crippen molar-refractivity contribution in [3.63, 3.8) is 0 Å². The second kappa shape index (κ2) is 8.82. The van der Waals surface area contributed by atoms with Gasteiger partial charge in [-0.3, -0.25) is 0 Å². The molecule has 0 bridgehead atoms. The molecule has 0 aliphatic carbocycles. The van der Waals surface area contributed by atoms with E-state index >= 15 is 0 Å². The zero-order chi connectivity index (χ0) is 17.8. The molecule has 1 heterocycles. The largest absolute Gasteiger partial charge is 0.486 e. The van der Waals surface area contributed by atoms with Crippen molar-refractivity contribution in [2.45, 2.75) is 6.61 Å². The van der Waals surface area contributed by atoms with Crippen LogP contribution >= 0.6 is 55.7 Å². The Bertz CT molecular complexity index is 758. The maximum Gasteiger partial charge on any atom is 0.148 e. The first-order valence-corrected chi connectivity index (χ1v) is 10.2. The van der Waals surface area contributed by atoms with Crippen LogP contribution in [0.15, 0.2) is 45.3 Å². The van der Waals surface area contributed by atoms with Crippen LogP contribution in [0.4, 0.5) is 0 Å². The highest BCUT2D eigenvalue weighted by molar-refractivity contribution is 9.11. The fraction of sp³-hybridized carbons (Fsp3) is 0.278. The number of hydrogen-bond acceptors (Lipinski definition) is 3. The van der Waals surface area contributed by atoms with Crippen LogP contribution in [-0.4, -0.2) is 36.2 Å². The van der Waals surface area contributed by atoms with E-state index in [-0.39, 0.29) is 0 Å². The van der Waals surface area contributed by atoms with Crippen LogP contribution in [0.2, 0.25) is 5.02 Å². The fourth-order valence-corrected chi connectivity index (χ4v) is 4.44. The van der Waals surface area contributed by atoms with Crippen LogP contribution in [0.3, 0.4) is 0 Å². The van der Waals surface area contributed by atoms with Crippen molar-refractivity contribution < 1.29 is 9.47 Å². The van der Waals surface area contributed by atoms with E-state index in [9.17, 15) is 0 Å². The van der Waals surface area contributed by atoms with Crippen LogP contribution in [0.5, 0.6) is 5.75 Å². The number of hydrogen-bond donors (Lipinski definition) is 0. The van der Waals surface area contributed by atoms with E-state index in [0.29, 0.717) is 24.8 Å². The van der Waals surface area contributed by atoms with Gasteiger partial charge in [-0.25, -0.2) is 0 Å². The van der Waals surface area contributed by atoms with Crippen LogP contribution in [0, 0.1) is 0 Å². The molecule has 0 amide bonds. The zero-order valence-electron chi connectivity index (χ0n) is 13.3. The predicted octanol–water partition coefficient (Wildman–Crippen LogP) is 5.45. The van der Waals surface area contributed by atoms with Crippen molar-refractivity contribution in [1.29, 1.82) is 0 Å². The molecule has 0 radical (unpaired) electrons. The lowest BCUT2D eigenvalue weighted by atomic mass is 10.2. The van der Waals surface area contributed by atoms with Crippen molar-refractivity contribution in [3.05, 3.63) is 61.5 Å². The Morgan fingerprint density at radius 2 is 1.80 bits per heavy atom. The second-order valence-corrected chi connectivity index (χ2v) is 8.06. The molecule has 7 heteroatoms. The highest BCUT2D eigenvalue weighted by Crippen LogP contribution is 2.36. The molecular formula is C18H16Br2ClNO2S. The van der Waals surface area contributed by atoms with Crippen LogP contribution in [-0.2, 0) is 11.3 Å². The summed E-state index contributed by atoms with van der Waals surface area (Å²) in [5.41, 5.74) is 1.91. The van der Waals surface area contributed by atoms with Gasteiger partial charge < -0.3 is 14.4 Å². The molecule has 1 aliphatic heterocycles. The first-order valence-electron chi connectivity index (χ1n) is 7.78. The lowest BCUT2D eigenvalue weighted by molar-refractivity contribution is 0.0693. The summed E-state index contributed by atoms with van der Waals surface area (Å²) in [6.07, 6.45) is 0. The van der Waals surface area contributed by atoms with Crippen molar-refractivity contribution in [1.82, 2.24) is 4.90 Å². The smallest absolute Gasteiger partial charge is 0.148 e. The van der Waals surface area contributed by atoms with E-state index in [2.05, 4.69) is 36.8 Å². The monoisotopic (exact) mass is 503 g/mol. The Morgan fingerprint density at radius 1 is 1.16 bits per heavy atom. The second-order valence-electron chi connectivity index (χ2n) is 5.55. The third-order valence-electron chi connectivity index (χ3n) is 3.87. The highest BCUT2D eigenvalue weighted by atomic mass is 79.9. The minimum Gasteiger partial charge on any atom is -0.486 e. The van der Waals surface area contributed by atoms with Gasteiger partial charge in [-0.05, 0) is 50.1 Å². The molecule has 3 rings (SSSR count). The number of ether oxygens (including phenoxy) is 2. The Labute approximate surface area is 174 Å². The van der Waals surface area contributed by atoms with Gasteiger partial charge in [0.25, 0.3) is 0 Å². The molecule has 0 atom stereocenters. The summed E-state index contributed by atoms with van der Waals surface area (Å²) in [5, 5.41) is 0.694. The molecule has 25 heavy (non-hydrogen) atoms. The molecule has 132 valence electrons. The quantitative estimate of drug-likeness (QED) is 0.515. The summed E-state index contributed by atoms with van der Waals surface area (Å²) in [6, 6.07) is 11.6. The molecule has 2 aromatic carbocycles. The SMILES string of the molecule is S=C(c1cc(Br)c(OCc2ccccc2Cl)c(Br)c1)N1CCOCC1. The van der Waals surface area contributed by atoms with Crippen LogP contribution in [0.1, 0.15) is 11.1 Å². The molecule has 0 aromatic heterocycles. The third kappa shape index (κ3) is 4.74. The topological polar surface area (TPSA) is 21.7 Å². The first-order chi connectivity index (χ1) is 12.1. The standard InChI is InChI=1S/C18H16Br2ClNO2S/c19-14-9-13(18(25)22-5-7-23-8-6-22)10-15(20)17(14)24-11-12-3-1-2-4-16(12)21/h1-4,9-10H,5-8,11H2. The summed E-state index contributed by atoms with van der Waals surface area (Å²) >= 11 is 19.0. The molecule has 0 unspecified atom stereocenters. The van der Waals surface area contributed by atoms with Crippen molar-refractivity contribution >= 4 is 60.7 Å². The van der Waals surface area contributed by atoms with Gasteiger partial charge in [-0.1, -0.05) is 42.0 Å². The zero-order valence-corrected chi connectivity index (χ0v) is 18.0. The average molecular weight is 506 g/mol. The minimum absolute atomic E-state index is 0.393. The molecule has 3 nitrogen and oxygen atoms in total. The number of nitrogens with zero attached hydrogens (tertiary/aromatic N) is 1. The third-order valence-corrected chi connectivity index (χ3v) is 5.91. The Kier molecular flexibility index (Phi) is 6.74. The van der Waals surface area contributed by atoms with Gasteiger partial charge in [0, 0.05) is 29.2 Å². The Hall–Kier alpha value is -0.660. The normalized spacial score (nSPS) is 14.4. The molecular weight excluding hydrogens is 490 g/mol. The summed E-state index contributed by atoms with van der Waals surface area (Å²) in [4.78, 5) is 2.99. The number of thiocarbonyl (C=S) groups is 1. The summed E-state index contributed by atoms with van der Waals surface area (Å²) < 4.78 is 13.0. The van der Waals surface area contributed by atoms with Gasteiger partial charge in [-0.15, -0.1) is 0 Å². The van der Waals surface area contributed by atoms with E-state index in [1.165, 1.54) is 0 Å². The number of benzene rings is 2. The summed E-state index contributed by atoms with van der Waals surface area (Å²) in [7, 11) is 0. The van der Waals surface area contributed by atoms with Crippen molar-refractivity contribution in [2.24, 2.45) is 0 Å². The molecule has 1 saturated heterocycles. The van der Waals surface area contributed by atoms with Gasteiger partial charge in [0.15, 0.2) is 0 Å². The van der Waals surface area contributed by atoms with Gasteiger partial charge in [-0.2, -0.15) is 0 Å². The van der Waals surface area contributed by atoms with E-state index < -0.39 is 0 Å². The summed E-state index contributed by atoms with van der Waals surface area (Å²) in [5.74, 6) is 0.730. The molecule has 2 aromatic rings. The van der Waals surface area contributed by atoms with E-state index in [4.69, 9.17) is 33.3 Å². The lowest BCUT2D eigenvalue weighted by Crippen LogP contribution is -2.40. The van der Waals surface area contributed by atoms with Crippen molar-refractivity contribution in [2.75, 3.05) is 26.3 Å². The highest BCUT2D eigenvalue weighted by Gasteiger charge is 2.18. The molecule has 0 spiro atoms. The Morgan fingerprint density at radius 3 is 2.44 bits per heavy atom. The van der Waals surface area contributed by atoms with Crippen LogP contribution in [0.25, 0.3) is 0 Å². The molecule has 1 aliphatic rings. The fourth-order valence-electron chi connectivity index (χ4n) is 2.54. The molecule has 1 fully saturated rings. The average Bonchev–Trinajstić information content (AvgIpc) is 2.62. The van der Waals surface area contributed by atoms with Gasteiger partial charge in [0.1, 0.15) is 17.3 Å². The lowest BCUT2D eigenvalue weighted by Gasteiger charge is -2.29. The summed E-state index contributed by atoms with van der Waals surface area (Å²) in [6.45, 7) is 3.45. The maximum absolute atomic E-state index is 6.19.